The van der Waals surface area contributed by atoms with E-state index in [2.05, 4.69) is 20.9 Å². The zero-order valence-electron chi connectivity index (χ0n) is 29.1. The average Bonchev–Trinajstić information content (AvgIpc) is 3.47. The Labute approximate surface area is 314 Å². The Balaban J connectivity index is 1.41. The second kappa shape index (κ2) is 15.0. The molecule has 1 fully saturated rings. The minimum absolute atomic E-state index is 0.0463. The fourth-order valence-electron chi connectivity index (χ4n) is 8.67. The van der Waals surface area contributed by atoms with E-state index in [4.69, 9.17) is 0 Å². The van der Waals surface area contributed by atoms with Crippen molar-refractivity contribution in [1.82, 2.24) is 0 Å². The molecule has 1 saturated carbocycles. The van der Waals surface area contributed by atoms with Gasteiger partial charge in [-0.2, -0.15) is 8.91 Å². The molecule has 0 amide bonds. The number of hydrogen-bond donors (Lipinski definition) is 0. The number of hydrogen-bond acceptors (Lipinski definition) is 14. The molecule has 0 saturated heterocycles. The van der Waals surface area contributed by atoms with Crippen molar-refractivity contribution in [1.29, 1.82) is 0 Å². The lowest BCUT2D eigenvalue weighted by molar-refractivity contribution is -0.777. The Bertz CT molecular complexity index is 2270. The summed E-state index contributed by atoms with van der Waals surface area (Å²) >= 11 is 0.780. The molecule has 2 atom stereocenters. The van der Waals surface area contributed by atoms with Crippen molar-refractivity contribution in [3.05, 3.63) is 82.6 Å². The van der Waals surface area contributed by atoms with Crippen molar-refractivity contribution in [2.45, 2.75) is 85.8 Å². The molecule has 6 rings (SSSR count). The highest BCUT2D eigenvalue weighted by Gasteiger charge is 2.52. The molecule has 0 spiro atoms. The summed E-state index contributed by atoms with van der Waals surface area (Å²) in [5.74, 6) is -1.08. The monoisotopic (exact) mass is 807 g/mol. The number of benzene rings is 2. The highest BCUT2D eigenvalue weighted by molar-refractivity contribution is 7.94. The van der Waals surface area contributed by atoms with Gasteiger partial charge in [0.25, 0.3) is 0 Å². The Morgan fingerprint density at radius 2 is 1.58 bits per heavy atom. The highest BCUT2D eigenvalue weighted by Crippen LogP contribution is 2.55. The van der Waals surface area contributed by atoms with Crippen LogP contribution in [0.15, 0.2) is 81.3 Å². The first-order valence-corrected chi connectivity index (χ1v) is 22.5. The molecule has 0 radical (unpaired) electrons. The summed E-state index contributed by atoms with van der Waals surface area (Å²) in [6.45, 7) is 4.58. The molecule has 2 aromatic carbocycles. The molecule has 0 aromatic heterocycles. The van der Waals surface area contributed by atoms with Crippen molar-refractivity contribution in [3.8, 4) is 0 Å². The van der Waals surface area contributed by atoms with Gasteiger partial charge in [-0.3, -0.25) is 5.04 Å². The van der Waals surface area contributed by atoms with Crippen molar-refractivity contribution in [2.75, 3.05) is 29.5 Å². The smallest absolute Gasteiger partial charge is 0.209 e. The van der Waals surface area contributed by atoms with E-state index in [0.717, 1.165) is 71.5 Å². The molecule has 2 aliphatic heterocycles. The van der Waals surface area contributed by atoms with Gasteiger partial charge in [0, 0.05) is 63.4 Å². The topological polar surface area (TPSA) is 219 Å². The molecule has 288 valence electrons. The van der Waals surface area contributed by atoms with E-state index in [1.165, 1.54) is 12.1 Å². The quantitative estimate of drug-likeness (QED) is 0.0869. The maximum atomic E-state index is 12.0. The van der Waals surface area contributed by atoms with Gasteiger partial charge in [0.15, 0.2) is 5.71 Å². The van der Waals surface area contributed by atoms with E-state index in [-0.39, 0.29) is 30.8 Å². The van der Waals surface area contributed by atoms with Crippen LogP contribution in [0.25, 0.3) is 0 Å². The SMILES string of the molecule is CC12CCCC(/C=C/C=C3\CCCC4(C)C3=[N+](CCCS(=O)(=O)[O-])c3ccc(SOO[O-])cc34)=C1N(CCCS(=O)(=O)[O-])c1ccc(S(=O)(=O)[O-])cc12. The van der Waals surface area contributed by atoms with Crippen LogP contribution in [0, 0.1) is 0 Å². The standard InChI is InChI=1S/C35H42N2O12S4/c1-34-16-4-10-24(32(34)36(18-6-20-51(39,40)41)30-14-12-26(22-28(30)34)50-49-48-38)8-3-9-25-11-5-17-35(2)29-23-27(53(45,46)47)13-15-31(29)37(33(25)35)19-7-21-52(42,43)44/h3,8-9,12-15,22-23H,4-7,10-11,16-21H2,1-2H3,(H3-,38,39,40,41,42,43,44,45,46,47)/p-3. The third-order valence-corrected chi connectivity index (χ3v) is 13.7. The van der Waals surface area contributed by atoms with E-state index in [0.29, 0.717) is 29.0 Å². The first-order chi connectivity index (χ1) is 24.9. The van der Waals surface area contributed by atoms with Crippen LogP contribution >= 0.6 is 12.0 Å². The van der Waals surface area contributed by atoms with Crippen molar-refractivity contribution < 1.29 is 58.1 Å². The first-order valence-electron chi connectivity index (χ1n) is 17.1. The van der Waals surface area contributed by atoms with Crippen LogP contribution in [0.3, 0.4) is 0 Å². The summed E-state index contributed by atoms with van der Waals surface area (Å²) in [5.41, 5.74) is 5.80. The maximum Gasteiger partial charge on any atom is 0.209 e. The van der Waals surface area contributed by atoms with E-state index >= 15 is 0 Å². The van der Waals surface area contributed by atoms with Crippen LogP contribution in [0.2, 0.25) is 0 Å². The van der Waals surface area contributed by atoms with Gasteiger partial charge in [0.05, 0.1) is 42.6 Å². The van der Waals surface area contributed by atoms with Crippen molar-refractivity contribution >= 4 is 59.5 Å². The normalized spacial score (nSPS) is 23.9. The maximum absolute atomic E-state index is 12.0. The molecular weight excluding hydrogens is 769 g/mol. The van der Waals surface area contributed by atoms with E-state index < -0.39 is 52.7 Å². The summed E-state index contributed by atoms with van der Waals surface area (Å²) < 4.78 is 112. The Kier molecular flexibility index (Phi) is 11.2. The molecule has 2 unspecified atom stereocenters. The minimum atomic E-state index is -4.74. The van der Waals surface area contributed by atoms with Gasteiger partial charge in [0.1, 0.15) is 16.7 Å². The average molecular weight is 808 g/mol. The van der Waals surface area contributed by atoms with Gasteiger partial charge >= 0.3 is 0 Å². The molecule has 0 bridgehead atoms. The molecule has 14 nitrogen and oxygen atoms in total. The van der Waals surface area contributed by atoms with Gasteiger partial charge in [-0.15, -0.1) is 0 Å². The predicted molar refractivity (Wildman–Crippen MR) is 191 cm³/mol. The van der Waals surface area contributed by atoms with Crippen molar-refractivity contribution in [2.24, 2.45) is 0 Å². The van der Waals surface area contributed by atoms with Gasteiger partial charge in [-0.05, 0) is 100 Å². The summed E-state index contributed by atoms with van der Waals surface area (Å²) in [6.07, 6.45) is 10.6. The lowest BCUT2D eigenvalue weighted by Crippen LogP contribution is -2.37. The Morgan fingerprint density at radius 1 is 0.887 bits per heavy atom. The van der Waals surface area contributed by atoms with E-state index in [9.17, 15) is 44.2 Å². The van der Waals surface area contributed by atoms with Gasteiger partial charge in [0.2, 0.25) is 5.69 Å². The molecule has 53 heavy (non-hydrogen) atoms. The van der Waals surface area contributed by atoms with Crippen LogP contribution in [-0.4, -0.2) is 73.8 Å². The van der Waals surface area contributed by atoms with Crippen LogP contribution < -0.4 is 10.2 Å². The first kappa shape index (κ1) is 39.8. The van der Waals surface area contributed by atoms with E-state index in [1.54, 1.807) is 12.1 Å². The number of fused-ring (bicyclic) bond motifs is 6. The number of rotatable bonds is 14. The third-order valence-electron chi connectivity index (χ3n) is 10.7. The molecule has 4 aliphatic rings. The zero-order chi connectivity index (χ0) is 38.4. The van der Waals surface area contributed by atoms with Crippen LogP contribution in [-0.2, 0) is 50.6 Å². The Morgan fingerprint density at radius 3 is 2.28 bits per heavy atom. The second-order valence-corrected chi connectivity index (χ2v) is 19.4. The summed E-state index contributed by atoms with van der Waals surface area (Å²) in [4.78, 5) is 2.23. The largest absolute Gasteiger partial charge is 0.748 e. The molecule has 2 aromatic rings. The lowest BCUT2D eigenvalue weighted by Gasteiger charge is -2.36. The summed E-state index contributed by atoms with van der Waals surface area (Å²) in [5, 5.41) is 14.0. The predicted octanol–water partition coefficient (Wildman–Crippen LogP) is 3.93. The van der Waals surface area contributed by atoms with Gasteiger partial charge < -0.3 is 23.8 Å². The molecule has 0 N–H and O–H groups in total. The lowest BCUT2D eigenvalue weighted by atomic mass is 9.68. The van der Waals surface area contributed by atoms with Gasteiger partial charge in [-0.25, -0.2) is 25.3 Å². The highest BCUT2D eigenvalue weighted by atomic mass is 32.2. The van der Waals surface area contributed by atoms with Crippen molar-refractivity contribution in [3.63, 3.8) is 0 Å². The molecule has 2 heterocycles. The van der Waals surface area contributed by atoms with Crippen LogP contribution in [0.1, 0.15) is 76.3 Å². The van der Waals surface area contributed by atoms with Gasteiger partial charge in [-0.1, -0.05) is 18.2 Å². The number of allylic oxidation sites excluding steroid dienone is 6. The molecule has 18 heteroatoms. The zero-order valence-corrected chi connectivity index (χ0v) is 32.4. The number of nitrogens with zero attached hydrogens (tertiary/aromatic N) is 2. The fourth-order valence-corrected chi connectivity index (χ4v) is 10.5. The van der Waals surface area contributed by atoms with Crippen LogP contribution in [0.4, 0.5) is 11.4 Å². The van der Waals surface area contributed by atoms with E-state index in [1.807, 2.05) is 42.2 Å². The number of anilines is 1. The molecular formula is C35H39N2O12S4-3. The minimum Gasteiger partial charge on any atom is -0.748 e. The second-order valence-electron chi connectivity index (χ2n) is 14.2. The summed E-state index contributed by atoms with van der Waals surface area (Å²) in [7, 11) is -13.6. The third kappa shape index (κ3) is 8.22. The Hall–Kier alpha value is -2.91. The van der Waals surface area contributed by atoms with Crippen LogP contribution in [0.5, 0.6) is 0 Å². The summed E-state index contributed by atoms with van der Waals surface area (Å²) in [6, 6.07) is 9.80. The molecule has 2 aliphatic carbocycles. The fraction of sp³-hybridized carbons (Fsp3) is 0.457.